The minimum absolute atomic E-state index is 0.226. The van der Waals surface area contributed by atoms with E-state index in [1.807, 2.05) is 49.4 Å². The lowest BCUT2D eigenvalue weighted by molar-refractivity contribution is -0.140. The van der Waals surface area contributed by atoms with Crippen LogP contribution in [0.2, 0.25) is 0 Å². The number of carbonyl (C=O) groups excluding carboxylic acids is 1. The highest BCUT2D eigenvalue weighted by Crippen LogP contribution is 2.29. The van der Waals surface area contributed by atoms with E-state index in [4.69, 9.17) is 21.7 Å². The fourth-order valence-electron chi connectivity index (χ4n) is 3.71. The van der Waals surface area contributed by atoms with Gasteiger partial charge in [-0.2, -0.15) is 0 Å². The zero-order chi connectivity index (χ0) is 20.9. The first kappa shape index (κ1) is 20.4. The van der Waals surface area contributed by atoms with E-state index in [1.54, 1.807) is 0 Å². The van der Waals surface area contributed by atoms with Crippen LogP contribution in [0.3, 0.4) is 0 Å². The number of ether oxygens (including phenoxy) is 2. The first-order valence-electron chi connectivity index (χ1n) is 10.0. The third kappa shape index (κ3) is 4.63. The SMILES string of the molecule is CC1=C(C(=O)OCc2ccccc2)[C@@H](c2ccc(N3CCOCC3)cc2)NC(=S)N1. The predicted molar refractivity (Wildman–Crippen MR) is 120 cm³/mol. The number of hydrogen-bond acceptors (Lipinski definition) is 5. The number of thiocarbonyl (C=S) groups is 1. The van der Waals surface area contributed by atoms with Crippen LogP contribution in [0.25, 0.3) is 0 Å². The van der Waals surface area contributed by atoms with Gasteiger partial charge in [-0.3, -0.25) is 0 Å². The Morgan fingerprint density at radius 2 is 1.83 bits per heavy atom. The van der Waals surface area contributed by atoms with Gasteiger partial charge in [-0.15, -0.1) is 0 Å². The standard InChI is InChI=1S/C23H25N3O3S/c1-16-20(22(27)29-15-17-5-3-2-4-6-17)21(25-23(30)24-16)18-7-9-19(10-8-18)26-11-13-28-14-12-26/h2-10,21H,11-15H2,1H3,(H2,24,25,30)/t21-/m1/s1. The van der Waals surface area contributed by atoms with E-state index in [9.17, 15) is 4.79 Å². The molecular formula is C23H25N3O3S. The fraction of sp³-hybridized carbons (Fsp3) is 0.304. The molecule has 1 saturated heterocycles. The molecule has 0 bridgehead atoms. The summed E-state index contributed by atoms with van der Waals surface area (Å²) in [6.45, 7) is 5.32. The molecule has 0 unspecified atom stereocenters. The van der Waals surface area contributed by atoms with Crippen molar-refractivity contribution >= 4 is 29.0 Å². The number of anilines is 1. The van der Waals surface area contributed by atoms with Crippen LogP contribution in [-0.2, 0) is 20.9 Å². The molecule has 0 amide bonds. The van der Waals surface area contributed by atoms with Crippen molar-refractivity contribution in [3.63, 3.8) is 0 Å². The number of esters is 1. The summed E-state index contributed by atoms with van der Waals surface area (Å²) in [5.74, 6) is -0.360. The summed E-state index contributed by atoms with van der Waals surface area (Å²) in [7, 11) is 0. The molecule has 2 aromatic carbocycles. The lowest BCUT2D eigenvalue weighted by Crippen LogP contribution is -2.45. The third-order valence-corrected chi connectivity index (χ3v) is 5.52. The molecule has 2 heterocycles. The van der Waals surface area contributed by atoms with Crippen molar-refractivity contribution in [3.05, 3.63) is 77.0 Å². The second-order valence-corrected chi connectivity index (χ2v) is 7.73. The van der Waals surface area contributed by atoms with Crippen molar-refractivity contribution < 1.29 is 14.3 Å². The zero-order valence-corrected chi connectivity index (χ0v) is 17.7. The molecule has 0 radical (unpaired) electrons. The normalized spacial score (nSPS) is 19.2. The van der Waals surface area contributed by atoms with Crippen LogP contribution >= 0.6 is 12.2 Å². The molecule has 2 aromatic rings. The maximum atomic E-state index is 13.0. The molecule has 0 spiro atoms. The van der Waals surface area contributed by atoms with Crippen LogP contribution in [0.1, 0.15) is 24.1 Å². The number of hydrogen-bond donors (Lipinski definition) is 2. The maximum Gasteiger partial charge on any atom is 0.338 e. The van der Waals surface area contributed by atoms with Crippen molar-refractivity contribution in [1.82, 2.24) is 10.6 Å². The number of nitrogens with zero attached hydrogens (tertiary/aromatic N) is 1. The summed E-state index contributed by atoms with van der Waals surface area (Å²) in [4.78, 5) is 15.3. The van der Waals surface area contributed by atoms with E-state index in [1.165, 1.54) is 0 Å². The predicted octanol–water partition coefficient (Wildman–Crippen LogP) is 3.06. The zero-order valence-electron chi connectivity index (χ0n) is 16.9. The van der Waals surface area contributed by atoms with E-state index in [2.05, 4.69) is 27.7 Å². The highest BCUT2D eigenvalue weighted by Gasteiger charge is 2.31. The summed E-state index contributed by atoms with van der Waals surface area (Å²) in [5.41, 5.74) is 4.30. The number of nitrogens with one attached hydrogen (secondary N) is 2. The van der Waals surface area contributed by atoms with Crippen molar-refractivity contribution in [2.45, 2.75) is 19.6 Å². The molecule has 30 heavy (non-hydrogen) atoms. The van der Waals surface area contributed by atoms with E-state index < -0.39 is 0 Å². The molecule has 6 nitrogen and oxygen atoms in total. The number of benzene rings is 2. The average Bonchev–Trinajstić information content (AvgIpc) is 2.78. The summed E-state index contributed by atoms with van der Waals surface area (Å²) in [6.07, 6.45) is 0. The molecule has 2 N–H and O–H groups in total. The van der Waals surface area contributed by atoms with Crippen LogP contribution < -0.4 is 15.5 Å². The Bertz CT molecular complexity index is 938. The van der Waals surface area contributed by atoms with Crippen molar-refractivity contribution in [3.8, 4) is 0 Å². The lowest BCUT2D eigenvalue weighted by atomic mass is 9.95. The Morgan fingerprint density at radius 3 is 2.53 bits per heavy atom. The van der Waals surface area contributed by atoms with Gasteiger partial charge in [0.25, 0.3) is 0 Å². The van der Waals surface area contributed by atoms with Crippen LogP contribution in [0.5, 0.6) is 0 Å². The van der Waals surface area contributed by atoms with Crippen LogP contribution in [0.4, 0.5) is 5.69 Å². The second kappa shape index (κ2) is 9.28. The number of morpholine rings is 1. The quantitative estimate of drug-likeness (QED) is 0.566. The molecule has 1 fully saturated rings. The van der Waals surface area contributed by atoms with Crippen LogP contribution in [0.15, 0.2) is 65.9 Å². The smallest absolute Gasteiger partial charge is 0.338 e. The topological polar surface area (TPSA) is 62.8 Å². The highest BCUT2D eigenvalue weighted by atomic mass is 32.1. The van der Waals surface area contributed by atoms with E-state index >= 15 is 0 Å². The van der Waals surface area contributed by atoms with Crippen LogP contribution in [-0.4, -0.2) is 37.4 Å². The molecule has 0 aromatic heterocycles. The van der Waals surface area contributed by atoms with Gasteiger partial charge in [0, 0.05) is 24.5 Å². The van der Waals surface area contributed by atoms with E-state index in [0.29, 0.717) is 16.4 Å². The summed E-state index contributed by atoms with van der Waals surface area (Å²) >= 11 is 5.34. The molecular weight excluding hydrogens is 398 g/mol. The van der Waals surface area contributed by atoms with Gasteiger partial charge in [0.1, 0.15) is 6.61 Å². The molecule has 2 aliphatic rings. The number of carbonyl (C=O) groups is 1. The Balaban J connectivity index is 1.53. The van der Waals surface area contributed by atoms with E-state index in [0.717, 1.165) is 43.1 Å². The molecule has 1 atom stereocenters. The van der Waals surface area contributed by atoms with Gasteiger partial charge in [0.05, 0.1) is 24.8 Å². The van der Waals surface area contributed by atoms with Gasteiger partial charge in [-0.1, -0.05) is 42.5 Å². The molecule has 0 saturated carbocycles. The van der Waals surface area contributed by atoms with Crippen molar-refractivity contribution in [2.75, 3.05) is 31.2 Å². The number of rotatable bonds is 5. The first-order valence-corrected chi connectivity index (χ1v) is 10.4. The average molecular weight is 424 g/mol. The summed E-state index contributed by atoms with van der Waals surface area (Å²) < 4.78 is 11.0. The maximum absolute atomic E-state index is 13.0. The molecule has 2 aliphatic heterocycles. The Morgan fingerprint density at radius 1 is 1.13 bits per heavy atom. The largest absolute Gasteiger partial charge is 0.457 e. The highest BCUT2D eigenvalue weighted by molar-refractivity contribution is 7.80. The lowest BCUT2D eigenvalue weighted by Gasteiger charge is -2.31. The van der Waals surface area contributed by atoms with Crippen LogP contribution in [0, 0.1) is 0 Å². The first-order chi connectivity index (χ1) is 14.6. The minimum atomic E-state index is -0.360. The Labute approximate surface area is 181 Å². The van der Waals surface area contributed by atoms with E-state index in [-0.39, 0.29) is 18.6 Å². The van der Waals surface area contributed by atoms with Gasteiger partial charge < -0.3 is 25.0 Å². The van der Waals surface area contributed by atoms with Gasteiger partial charge in [-0.25, -0.2) is 4.79 Å². The molecule has 156 valence electrons. The molecule has 4 rings (SSSR count). The molecule has 0 aliphatic carbocycles. The third-order valence-electron chi connectivity index (χ3n) is 5.30. The van der Waals surface area contributed by atoms with Gasteiger partial charge in [0.2, 0.25) is 0 Å². The molecule has 7 heteroatoms. The Kier molecular flexibility index (Phi) is 6.30. The Hall–Kier alpha value is -2.90. The summed E-state index contributed by atoms with van der Waals surface area (Å²) in [5, 5.41) is 6.76. The van der Waals surface area contributed by atoms with Crippen molar-refractivity contribution in [2.24, 2.45) is 0 Å². The van der Waals surface area contributed by atoms with Crippen molar-refractivity contribution in [1.29, 1.82) is 0 Å². The number of allylic oxidation sites excluding steroid dienone is 1. The second-order valence-electron chi connectivity index (χ2n) is 7.32. The summed E-state index contributed by atoms with van der Waals surface area (Å²) in [6, 6.07) is 17.5. The fourth-order valence-corrected chi connectivity index (χ4v) is 3.99. The monoisotopic (exact) mass is 423 g/mol. The minimum Gasteiger partial charge on any atom is -0.457 e. The van der Waals surface area contributed by atoms with Gasteiger partial charge >= 0.3 is 5.97 Å². The van der Waals surface area contributed by atoms with Gasteiger partial charge in [0.15, 0.2) is 5.11 Å². The van der Waals surface area contributed by atoms with Gasteiger partial charge in [-0.05, 0) is 42.4 Å².